The van der Waals surface area contributed by atoms with E-state index < -0.39 is 30.9 Å². The van der Waals surface area contributed by atoms with E-state index in [1.165, 1.54) is 20.3 Å². The molecule has 11 heteroatoms. The predicted molar refractivity (Wildman–Crippen MR) is 137 cm³/mol. The first-order chi connectivity index (χ1) is 18.2. The lowest BCUT2D eigenvalue weighted by atomic mass is 10.0. The molecule has 1 aliphatic heterocycles. The summed E-state index contributed by atoms with van der Waals surface area (Å²) in [5.74, 6) is 5.57. The molecule has 3 N–H and O–H groups in total. The summed E-state index contributed by atoms with van der Waals surface area (Å²) in [5, 5.41) is 9.76. The largest absolute Gasteiger partial charge is 0.495 e. The zero-order valence-electron chi connectivity index (χ0n) is 20.9. The number of anilines is 2. The number of nitrogens with zero attached hydrogens (tertiary/aromatic N) is 1. The number of halogens is 4. The van der Waals surface area contributed by atoms with Gasteiger partial charge in [0.05, 0.1) is 49.3 Å². The van der Waals surface area contributed by atoms with Crippen molar-refractivity contribution in [2.45, 2.75) is 31.4 Å². The second-order valence-corrected chi connectivity index (χ2v) is 8.79. The summed E-state index contributed by atoms with van der Waals surface area (Å²) in [6, 6.07) is 10.8. The molecule has 1 saturated heterocycles. The molecular formula is C27H28F4N4O3. The third kappa shape index (κ3) is 6.31. The molecule has 202 valence electrons. The van der Waals surface area contributed by atoms with Crippen molar-refractivity contribution in [1.29, 1.82) is 0 Å². The molecule has 0 bridgehead atoms. The molecule has 2 atom stereocenters. The van der Waals surface area contributed by atoms with Gasteiger partial charge in [-0.15, -0.1) is 0 Å². The molecule has 0 amide bonds. The zero-order valence-corrected chi connectivity index (χ0v) is 20.9. The van der Waals surface area contributed by atoms with Crippen LogP contribution < -0.4 is 20.7 Å². The molecule has 0 saturated carbocycles. The SMILES string of the molecule is COC(=O)c1ccc(NCC#Cc2cc3c(N[C@@H]4CCNC[C@@H]4F)cccc3n2CC(F)(F)F)c(OC)c1. The molecule has 1 aromatic heterocycles. The van der Waals surface area contributed by atoms with Crippen LogP contribution in [0.3, 0.4) is 0 Å². The highest BCUT2D eigenvalue weighted by Gasteiger charge is 2.30. The van der Waals surface area contributed by atoms with Gasteiger partial charge in [-0.1, -0.05) is 12.0 Å². The minimum atomic E-state index is -4.46. The Morgan fingerprint density at radius 2 is 2.00 bits per heavy atom. The Labute approximate surface area is 217 Å². The second-order valence-electron chi connectivity index (χ2n) is 8.79. The van der Waals surface area contributed by atoms with Gasteiger partial charge in [0.1, 0.15) is 18.5 Å². The number of hydrogen-bond donors (Lipinski definition) is 3. The molecule has 1 fully saturated rings. The highest BCUT2D eigenvalue weighted by atomic mass is 19.4. The number of methoxy groups -OCH3 is 2. The van der Waals surface area contributed by atoms with Crippen LogP contribution in [0.15, 0.2) is 42.5 Å². The first-order valence-corrected chi connectivity index (χ1v) is 12.0. The van der Waals surface area contributed by atoms with E-state index in [9.17, 15) is 22.4 Å². The number of fused-ring (bicyclic) bond motifs is 1. The van der Waals surface area contributed by atoms with E-state index in [0.29, 0.717) is 46.6 Å². The van der Waals surface area contributed by atoms with Crippen molar-refractivity contribution >= 4 is 28.2 Å². The van der Waals surface area contributed by atoms with Crippen molar-refractivity contribution in [3.05, 3.63) is 53.7 Å². The maximum Gasteiger partial charge on any atom is 0.406 e. The van der Waals surface area contributed by atoms with Crippen LogP contribution in [0.1, 0.15) is 22.5 Å². The van der Waals surface area contributed by atoms with E-state index in [4.69, 9.17) is 9.47 Å². The molecule has 3 aromatic rings. The average Bonchev–Trinajstić information content (AvgIpc) is 3.24. The number of hydrogen-bond acceptors (Lipinski definition) is 6. The number of nitrogens with one attached hydrogen (secondary N) is 3. The Kier molecular flexibility index (Phi) is 8.32. The number of aromatic nitrogens is 1. The van der Waals surface area contributed by atoms with Crippen LogP contribution in [-0.4, -0.2) is 62.8 Å². The molecule has 1 aliphatic rings. The average molecular weight is 533 g/mol. The number of ether oxygens (including phenoxy) is 2. The molecule has 2 heterocycles. The van der Waals surface area contributed by atoms with Gasteiger partial charge in [0, 0.05) is 17.6 Å². The molecule has 7 nitrogen and oxygen atoms in total. The number of carbonyl (C=O) groups is 1. The predicted octanol–water partition coefficient (Wildman–Crippen LogP) is 4.57. The van der Waals surface area contributed by atoms with E-state index in [2.05, 4.69) is 27.8 Å². The third-order valence-corrected chi connectivity index (χ3v) is 6.24. The maximum atomic E-state index is 14.4. The van der Waals surface area contributed by atoms with Crippen LogP contribution in [0, 0.1) is 11.8 Å². The molecule has 2 aromatic carbocycles. The Hall–Kier alpha value is -3.91. The number of rotatable bonds is 7. The molecule has 38 heavy (non-hydrogen) atoms. The van der Waals surface area contributed by atoms with Gasteiger partial charge in [-0.3, -0.25) is 0 Å². The van der Waals surface area contributed by atoms with Gasteiger partial charge < -0.3 is 30.0 Å². The van der Waals surface area contributed by atoms with Crippen LogP contribution >= 0.6 is 0 Å². The summed E-state index contributed by atoms with van der Waals surface area (Å²) in [5.41, 5.74) is 1.97. The highest BCUT2D eigenvalue weighted by Crippen LogP contribution is 2.31. The molecular weight excluding hydrogens is 504 g/mol. The number of piperidine rings is 1. The third-order valence-electron chi connectivity index (χ3n) is 6.24. The van der Waals surface area contributed by atoms with Crippen molar-refractivity contribution in [2.24, 2.45) is 0 Å². The van der Waals surface area contributed by atoms with Gasteiger partial charge >= 0.3 is 12.1 Å². The molecule has 0 unspecified atom stereocenters. The molecule has 4 rings (SSSR count). The lowest BCUT2D eigenvalue weighted by molar-refractivity contribution is -0.140. The smallest absolute Gasteiger partial charge is 0.406 e. The topological polar surface area (TPSA) is 76.5 Å². The van der Waals surface area contributed by atoms with Gasteiger partial charge in [0.2, 0.25) is 0 Å². The first kappa shape index (κ1) is 27.1. The van der Waals surface area contributed by atoms with Crippen LogP contribution in [-0.2, 0) is 11.3 Å². The van der Waals surface area contributed by atoms with Gasteiger partial charge in [-0.25, -0.2) is 9.18 Å². The summed E-state index contributed by atoms with van der Waals surface area (Å²) in [7, 11) is 2.72. The lowest BCUT2D eigenvalue weighted by Crippen LogP contribution is -2.45. The minimum absolute atomic E-state index is 0.102. The molecule has 0 radical (unpaired) electrons. The molecule has 0 spiro atoms. The van der Waals surface area contributed by atoms with E-state index in [-0.39, 0.29) is 18.8 Å². The number of esters is 1. The van der Waals surface area contributed by atoms with Crippen LogP contribution in [0.4, 0.5) is 28.9 Å². The minimum Gasteiger partial charge on any atom is -0.495 e. The Morgan fingerprint density at radius 1 is 1.18 bits per heavy atom. The van der Waals surface area contributed by atoms with Crippen molar-refractivity contribution in [1.82, 2.24) is 9.88 Å². The summed E-state index contributed by atoms with van der Waals surface area (Å²) in [4.78, 5) is 11.7. The van der Waals surface area contributed by atoms with E-state index >= 15 is 0 Å². The summed E-state index contributed by atoms with van der Waals surface area (Å²) in [6.07, 6.45) is -5.01. The highest BCUT2D eigenvalue weighted by molar-refractivity contribution is 5.94. The van der Waals surface area contributed by atoms with E-state index in [1.807, 2.05) is 0 Å². The number of benzene rings is 2. The molecule has 0 aliphatic carbocycles. The number of carbonyl (C=O) groups excluding carboxylic acids is 1. The van der Waals surface area contributed by atoms with Crippen molar-refractivity contribution in [3.63, 3.8) is 0 Å². The fourth-order valence-corrected chi connectivity index (χ4v) is 4.40. The zero-order chi connectivity index (χ0) is 27.3. The van der Waals surface area contributed by atoms with Crippen LogP contribution in [0.25, 0.3) is 10.9 Å². The summed E-state index contributed by atoms with van der Waals surface area (Å²) < 4.78 is 65.9. The first-order valence-electron chi connectivity index (χ1n) is 12.0. The van der Waals surface area contributed by atoms with Crippen molar-refractivity contribution < 1.29 is 31.8 Å². The van der Waals surface area contributed by atoms with Crippen molar-refractivity contribution in [2.75, 3.05) is 44.5 Å². The maximum absolute atomic E-state index is 14.4. The van der Waals surface area contributed by atoms with Gasteiger partial charge in [-0.2, -0.15) is 13.2 Å². The monoisotopic (exact) mass is 532 g/mol. The van der Waals surface area contributed by atoms with Gasteiger partial charge in [0.25, 0.3) is 0 Å². The lowest BCUT2D eigenvalue weighted by Gasteiger charge is -2.28. The Balaban J connectivity index is 1.60. The van der Waals surface area contributed by atoms with Gasteiger partial charge in [-0.05, 0) is 55.3 Å². The van der Waals surface area contributed by atoms with Gasteiger partial charge in [0.15, 0.2) is 0 Å². The van der Waals surface area contributed by atoms with E-state index in [1.54, 1.807) is 36.4 Å². The van der Waals surface area contributed by atoms with Crippen LogP contribution in [0.5, 0.6) is 5.75 Å². The number of alkyl halides is 4. The quantitative estimate of drug-likeness (QED) is 0.235. The van der Waals surface area contributed by atoms with E-state index in [0.717, 1.165) is 4.57 Å². The second kappa shape index (κ2) is 11.6. The fraction of sp³-hybridized carbons (Fsp3) is 0.370. The van der Waals surface area contributed by atoms with Crippen molar-refractivity contribution in [3.8, 4) is 17.6 Å². The standard InChI is InChI=1S/C27H28F4N4O3/c1-37-25-13-17(26(36)38-2)8-9-23(25)33-11-4-5-18-14-19-21(34-22-10-12-32-15-20(22)28)6-3-7-24(19)35(18)16-27(29,30)31/h3,6-9,13-14,20,22,32-34H,10-12,15-16H2,1-2H3/t20-,22+/m0/s1. The Bertz CT molecular complexity index is 1360. The summed E-state index contributed by atoms with van der Waals surface area (Å²) in [6.45, 7) is -0.226. The fourth-order valence-electron chi connectivity index (χ4n) is 4.40. The van der Waals surface area contributed by atoms with Crippen LogP contribution in [0.2, 0.25) is 0 Å². The normalized spacial score (nSPS) is 17.4. The summed E-state index contributed by atoms with van der Waals surface area (Å²) >= 11 is 0. The Morgan fingerprint density at radius 3 is 2.71 bits per heavy atom.